The summed E-state index contributed by atoms with van der Waals surface area (Å²) in [4.78, 5) is 13.2. The lowest BCUT2D eigenvalue weighted by atomic mass is 9.91. The SMILES string of the molecule is C=C/C=C\C=C(/C)COC(/C=C\C=C)=C\C(C)CC1=C(C(C)=O)C(c2ccc(Cl)cc2Cl)Nc2ccccc2N1. The fraction of sp³-hybridized carbons (Fsp3) is 0.206. The number of fused-ring (bicyclic) bond motifs is 1. The van der Waals surface area contributed by atoms with Crippen LogP contribution in [0.2, 0.25) is 10.0 Å². The molecule has 208 valence electrons. The van der Waals surface area contributed by atoms with Crippen molar-refractivity contribution in [2.45, 2.75) is 33.2 Å². The fourth-order valence-corrected chi connectivity index (χ4v) is 4.93. The number of halogens is 2. The molecule has 0 amide bonds. The summed E-state index contributed by atoms with van der Waals surface area (Å²) in [6.45, 7) is 13.6. The summed E-state index contributed by atoms with van der Waals surface area (Å²) in [6.07, 6.45) is 15.6. The van der Waals surface area contributed by atoms with Gasteiger partial charge in [-0.15, -0.1) is 0 Å². The molecule has 6 heteroatoms. The summed E-state index contributed by atoms with van der Waals surface area (Å²) in [7, 11) is 0. The van der Waals surface area contributed by atoms with Crippen LogP contribution in [0.3, 0.4) is 0 Å². The third kappa shape index (κ3) is 8.64. The third-order valence-corrected chi connectivity index (χ3v) is 6.81. The van der Waals surface area contributed by atoms with Gasteiger partial charge in [0.1, 0.15) is 12.4 Å². The largest absolute Gasteiger partial charge is 0.490 e. The molecule has 2 N–H and O–H groups in total. The number of anilines is 2. The van der Waals surface area contributed by atoms with Gasteiger partial charge in [0.15, 0.2) is 5.78 Å². The smallest absolute Gasteiger partial charge is 0.159 e. The summed E-state index contributed by atoms with van der Waals surface area (Å²) in [5.41, 5.74) is 5.06. The van der Waals surface area contributed by atoms with Gasteiger partial charge in [0.05, 0.1) is 17.4 Å². The molecule has 0 radical (unpaired) electrons. The highest BCUT2D eigenvalue weighted by Crippen LogP contribution is 2.41. The normalized spacial score (nSPS) is 16.7. The zero-order valence-electron chi connectivity index (χ0n) is 23.2. The molecular formula is C34H36Cl2N2O2. The standard InChI is InChI=1S/C34H36Cl2N2O2/c1-6-8-10-13-23(3)22-40-27(14-9-7-2)19-24(4)20-32-33(25(5)39)34(28-18-17-26(35)21-29(28)36)38-31-16-12-11-15-30(31)37-32/h6-19,21,24,34,37-38H,1-2,20,22H2,3-5H3/b10-8-,14-9-,23-13+,27-19-. The number of hydrogen-bond acceptors (Lipinski definition) is 4. The molecule has 40 heavy (non-hydrogen) atoms. The van der Waals surface area contributed by atoms with Crippen molar-refractivity contribution < 1.29 is 9.53 Å². The van der Waals surface area contributed by atoms with E-state index in [0.717, 1.165) is 34.0 Å². The van der Waals surface area contributed by atoms with Crippen LogP contribution in [0.1, 0.15) is 38.8 Å². The Kier molecular flexibility index (Phi) is 11.7. The second kappa shape index (κ2) is 15.2. The molecule has 2 atom stereocenters. The molecule has 1 aliphatic rings. The second-order valence-electron chi connectivity index (χ2n) is 9.63. The first kappa shape index (κ1) is 30.8. The third-order valence-electron chi connectivity index (χ3n) is 6.24. The first-order valence-corrected chi connectivity index (χ1v) is 13.9. The molecule has 1 heterocycles. The Hall–Kier alpha value is -3.73. The summed E-state index contributed by atoms with van der Waals surface area (Å²) in [5, 5.41) is 8.12. The number of carbonyl (C=O) groups is 1. The van der Waals surface area contributed by atoms with Crippen LogP contribution in [-0.2, 0) is 9.53 Å². The average Bonchev–Trinajstić information content (AvgIpc) is 3.06. The van der Waals surface area contributed by atoms with Crippen molar-refractivity contribution in [1.82, 2.24) is 0 Å². The number of carbonyl (C=O) groups excluding carboxylic acids is 1. The van der Waals surface area contributed by atoms with E-state index in [0.29, 0.717) is 28.6 Å². The van der Waals surface area contributed by atoms with Crippen LogP contribution in [0.15, 0.2) is 127 Å². The van der Waals surface area contributed by atoms with E-state index in [4.69, 9.17) is 27.9 Å². The first-order valence-electron chi connectivity index (χ1n) is 13.1. The number of hydrogen-bond donors (Lipinski definition) is 2. The second-order valence-corrected chi connectivity index (χ2v) is 10.5. The summed E-state index contributed by atoms with van der Waals surface area (Å²) < 4.78 is 6.12. The van der Waals surface area contributed by atoms with Crippen molar-refractivity contribution in [3.8, 4) is 0 Å². The molecule has 0 fully saturated rings. The molecule has 0 aromatic heterocycles. The predicted molar refractivity (Wildman–Crippen MR) is 171 cm³/mol. The van der Waals surface area contributed by atoms with Crippen molar-refractivity contribution in [3.05, 3.63) is 142 Å². The highest BCUT2D eigenvalue weighted by molar-refractivity contribution is 6.35. The molecule has 0 bridgehead atoms. The van der Waals surface area contributed by atoms with E-state index >= 15 is 0 Å². The van der Waals surface area contributed by atoms with E-state index < -0.39 is 6.04 Å². The average molecular weight is 576 g/mol. The number of ether oxygens (including phenoxy) is 1. The predicted octanol–water partition coefficient (Wildman–Crippen LogP) is 9.77. The molecular weight excluding hydrogens is 539 g/mol. The number of benzene rings is 2. The number of ketones is 1. The van der Waals surface area contributed by atoms with Gasteiger partial charge in [-0.1, -0.05) is 97.9 Å². The Morgan fingerprint density at radius 3 is 2.45 bits per heavy atom. The van der Waals surface area contributed by atoms with Crippen molar-refractivity contribution >= 4 is 40.4 Å². The van der Waals surface area contributed by atoms with E-state index in [2.05, 4.69) is 36.8 Å². The monoisotopic (exact) mass is 574 g/mol. The van der Waals surface area contributed by atoms with E-state index in [-0.39, 0.29) is 11.7 Å². The van der Waals surface area contributed by atoms with Gasteiger partial charge >= 0.3 is 0 Å². The first-order chi connectivity index (χ1) is 19.2. The number of Topliss-reactive ketones (excluding diaryl/α,β-unsaturated/α-hetero) is 1. The van der Waals surface area contributed by atoms with E-state index in [1.807, 2.05) is 67.6 Å². The maximum Gasteiger partial charge on any atom is 0.159 e. The molecule has 1 aliphatic heterocycles. The maximum absolute atomic E-state index is 13.2. The van der Waals surface area contributed by atoms with Gasteiger partial charge in [-0.3, -0.25) is 4.79 Å². The Balaban J connectivity index is 2.00. The van der Waals surface area contributed by atoms with Gasteiger partial charge in [-0.05, 0) is 73.7 Å². The number of para-hydroxylation sites is 2. The van der Waals surface area contributed by atoms with Gasteiger partial charge in [-0.2, -0.15) is 0 Å². The Morgan fingerprint density at radius 2 is 1.77 bits per heavy atom. The van der Waals surface area contributed by atoms with Gasteiger partial charge in [0.25, 0.3) is 0 Å². The van der Waals surface area contributed by atoms with Gasteiger partial charge in [0.2, 0.25) is 0 Å². The van der Waals surface area contributed by atoms with Crippen molar-refractivity contribution in [2.24, 2.45) is 5.92 Å². The topological polar surface area (TPSA) is 50.4 Å². The van der Waals surface area contributed by atoms with Crippen molar-refractivity contribution in [2.75, 3.05) is 17.2 Å². The van der Waals surface area contributed by atoms with Crippen LogP contribution in [0.25, 0.3) is 0 Å². The molecule has 0 saturated heterocycles. The summed E-state index contributed by atoms with van der Waals surface area (Å²) in [5.74, 6) is 0.700. The lowest BCUT2D eigenvalue weighted by Crippen LogP contribution is -2.20. The molecule has 4 nitrogen and oxygen atoms in total. The zero-order chi connectivity index (χ0) is 29.1. The zero-order valence-corrected chi connectivity index (χ0v) is 24.7. The summed E-state index contributed by atoms with van der Waals surface area (Å²) in [6, 6.07) is 12.8. The Bertz CT molecular complexity index is 1400. The molecule has 0 aliphatic carbocycles. The van der Waals surface area contributed by atoms with Gasteiger partial charge < -0.3 is 15.4 Å². The highest BCUT2D eigenvalue weighted by atomic mass is 35.5. The molecule has 2 unspecified atom stereocenters. The minimum absolute atomic E-state index is 0.0258. The lowest BCUT2D eigenvalue weighted by molar-refractivity contribution is -0.113. The minimum Gasteiger partial charge on any atom is -0.490 e. The van der Waals surface area contributed by atoms with Crippen LogP contribution in [-0.4, -0.2) is 12.4 Å². The quantitative estimate of drug-likeness (QED) is 0.195. The molecule has 0 saturated carbocycles. The molecule has 2 aromatic rings. The summed E-state index contributed by atoms with van der Waals surface area (Å²) >= 11 is 12.8. The van der Waals surface area contributed by atoms with Crippen LogP contribution in [0, 0.1) is 5.92 Å². The highest BCUT2D eigenvalue weighted by Gasteiger charge is 2.30. The van der Waals surface area contributed by atoms with Crippen molar-refractivity contribution in [3.63, 3.8) is 0 Å². The van der Waals surface area contributed by atoms with Crippen LogP contribution >= 0.6 is 23.2 Å². The molecule has 0 spiro atoms. The Morgan fingerprint density at radius 1 is 1.05 bits per heavy atom. The lowest BCUT2D eigenvalue weighted by Gasteiger charge is -2.24. The van der Waals surface area contributed by atoms with Gasteiger partial charge in [-0.25, -0.2) is 0 Å². The van der Waals surface area contributed by atoms with Gasteiger partial charge in [0, 0.05) is 21.3 Å². The minimum atomic E-state index is -0.461. The number of rotatable bonds is 12. The van der Waals surface area contributed by atoms with Crippen LogP contribution in [0.4, 0.5) is 11.4 Å². The van der Waals surface area contributed by atoms with E-state index in [1.54, 1.807) is 31.2 Å². The van der Waals surface area contributed by atoms with E-state index in [9.17, 15) is 4.79 Å². The fourth-order valence-electron chi connectivity index (χ4n) is 4.42. The number of nitrogens with one attached hydrogen (secondary N) is 2. The van der Waals surface area contributed by atoms with E-state index in [1.165, 1.54) is 0 Å². The van der Waals surface area contributed by atoms with Crippen LogP contribution < -0.4 is 10.6 Å². The maximum atomic E-state index is 13.2. The van der Waals surface area contributed by atoms with Crippen molar-refractivity contribution in [1.29, 1.82) is 0 Å². The molecule has 3 rings (SSSR count). The number of allylic oxidation sites excluding steroid dienone is 9. The van der Waals surface area contributed by atoms with Crippen LogP contribution in [0.5, 0.6) is 0 Å². The Labute approximate surface area is 248 Å². The molecule has 2 aromatic carbocycles.